The summed E-state index contributed by atoms with van der Waals surface area (Å²) in [6.07, 6.45) is 0.331. The van der Waals surface area contributed by atoms with E-state index in [1.807, 2.05) is 30.3 Å². The van der Waals surface area contributed by atoms with Crippen LogP contribution < -0.4 is 5.32 Å². The van der Waals surface area contributed by atoms with Crippen LogP contribution in [0.5, 0.6) is 0 Å². The molecule has 1 N–H and O–H groups in total. The Morgan fingerprint density at radius 1 is 1.09 bits per heavy atom. The quantitative estimate of drug-likeness (QED) is 0.916. The molecule has 118 valence electrons. The van der Waals surface area contributed by atoms with Crippen molar-refractivity contribution in [3.05, 3.63) is 64.1 Å². The second-order valence-electron chi connectivity index (χ2n) is 5.13. The molecule has 0 saturated heterocycles. The average Bonchev–Trinajstić information content (AvgIpc) is 3.00. The van der Waals surface area contributed by atoms with Gasteiger partial charge in [-0.05, 0) is 17.7 Å². The summed E-state index contributed by atoms with van der Waals surface area (Å²) in [7, 11) is 0. The van der Waals surface area contributed by atoms with Gasteiger partial charge in [0, 0.05) is 6.54 Å². The van der Waals surface area contributed by atoms with E-state index in [0.717, 1.165) is 5.56 Å². The normalized spacial score (nSPS) is 13.8. The number of anilines is 1. The number of halogens is 2. The van der Waals surface area contributed by atoms with Crippen LogP contribution in [0.1, 0.15) is 5.56 Å². The highest BCUT2D eigenvalue weighted by Crippen LogP contribution is 2.30. The fourth-order valence-corrected chi connectivity index (χ4v) is 2.88. The summed E-state index contributed by atoms with van der Waals surface area (Å²) in [4.78, 5) is 18.5. The van der Waals surface area contributed by atoms with Gasteiger partial charge < -0.3 is 5.32 Å². The molecule has 1 aliphatic heterocycles. The molecular formula is C17H15Cl2N3O. The summed E-state index contributed by atoms with van der Waals surface area (Å²) < 4.78 is 0. The van der Waals surface area contributed by atoms with Gasteiger partial charge in [0.2, 0.25) is 11.9 Å². The van der Waals surface area contributed by atoms with Gasteiger partial charge in [-0.2, -0.15) is 0 Å². The molecule has 0 fully saturated rings. The highest BCUT2D eigenvalue weighted by atomic mass is 35.5. The Hall–Kier alpha value is -2.04. The van der Waals surface area contributed by atoms with Crippen molar-refractivity contribution in [2.75, 3.05) is 18.4 Å². The van der Waals surface area contributed by atoms with E-state index < -0.39 is 0 Å². The number of carbonyl (C=O) groups excluding carboxylic acids is 1. The van der Waals surface area contributed by atoms with E-state index in [9.17, 15) is 4.79 Å². The first-order chi connectivity index (χ1) is 11.1. The Labute approximate surface area is 144 Å². The molecule has 23 heavy (non-hydrogen) atoms. The number of nitrogens with one attached hydrogen (secondary N) is 1. The highest BCUT2D eigenvalue weighted by molar-refractivity contribution is 6.39. The van der Waals surface area contributed by atoms with Crippen LogP contribution in [0.2, 0.25) is 10.0 Å². The Morgan fingerprint density at radius 3 is 2.48 bits per heavy atom. The largest absolute Gasteiger partial charge is 0.323 e. The molecule has 1 amide bonds. The van der Waals surface area contributed by atoms with E-state index in [0.29, 0.717) is 41.2 Å². The third-order valence-electron chi connectivity index (χ3n) is 3.54. The van der Waals surface area contributed by atoms with Gasteiger partial charge in [-0.3, -0.25) is 14.7 Å². The van der Waals surface area contributed by atoms with Crippen LogP contribution in [0.25, 0.3) is 0 Å². The first kappa shape index (κ1) is 15.8. The number of aliphatic imine (C=N–C) groups is 1. The van der Waals surface area contributed by atoms with E-state index in [4.69, 9.17) is 23.2 Å². The molecule has 0 saturated carbocycles. The van der Waals surface area contributed by atoms with Crippen LogP contribution >= 0.6 is 23.2 Å². The van der Waals surface area contributed by atoms with Crippen molar-refractivity contribution >= 4 is 40.8 Å². The molecule has 0 aromatic heterocycles. The molecule has 1 aliphatic rings. The fourth-order valence-electron chi connectivity index (χ4n) is 2.39. The van der Waals surface area contributed by atoms with Gasteiger partial charge >= 0.3 is 0 Å². The number of benzene rings is 2. The number of amides is 1. The van der Waals surface area contributed by atoms with Gasteiger partial charge in [-0.25, -0.2) is 0 Å². The Balaban J connectivity index is 1.74. The lowest BCUT2D eigenvalue weighted by molar-refractivity contribution is -0.126. The van der Waals surface area contributed by atoms with Crippen molar-refractivity contribution in [1.82, 2.24) is 4.90 Å². The van der Waals surface area contributed by atoms with Gasteiger partial charge in [-0.15, -0.1) is 0 Å². The molecule has 0 atom stereocenters. The number of rotatable bonds is 3. The molecule has 3 rings (SSSR count). The van der Waals surface area contributed by atoms with Crippen molar-refractivity contribution in [3.8, 4) is 0 Å². The first-order valence-corrected chi connectivity index (χ1v) is 8.00. The second-order valence-corrected chi connectivity index (χ2v) is 5.95. The number of nitrogens with zero attached hydrogens (tertiary/aromatic N) is 2. The van der Waals surface area contributed by atoms with Gasteiger partial charge in [0.05, 0.1) is 28.7 Å². The Bertz CT molecular complexity index is 727. The molecular weight excluding hydrogens is 333 g/mol. The average molecular weight is 348 g/mol. The van der Waals surface area contributed by atoms with Gasteiger partial charge in [0.25, 0.3) is 0 Å². The maximum Gasteiger partial charge on any atom is 0.233 e. The van der Waals surface area contributed by atoms with Crippen LogP contribution in [-0.4, -0.2) is 29.9 Å². The molecule has 2 aromatic rings. The summed E-state index contributed by atoms with van der Waals surface area (Å²) in [5, 5.41) is 4.06. The molecule has 1 heterocycles. The maximum atomic E-state index is 12.5. The van der Waals surface area contributed by atoms with Crippen molar-refractivity contribution < 1.29 is 4.79 Å². The molecule has 0 unspecified atom stereocenters. The highest BCUT2D eigenvalue weighted by Gasteiger charge is 2.24. The minimum Gasteiger partial charge on any atom is -0.323 e. The SMILES string of the molecule is O=C(Cc1ccccc1)N1CCN=C1Nc1c(Cl)cccc1Cl. The number of para-hydroxylation sites is 1. The van der Waals surface area contributed by atoms with E-state index >= 15 is 0 Å². The zero-order valence-corrected chi connectivity index (χ0v) is 13.8. The molecule has 0 radical (unpaired) electrons. The molecule has 4 nitrogen and oxygen atoms in total. The molecule has 6 heteroatoms. The van der Waals surface area contributed by atoms with Gasteiger partial charge in [-0.1, -0.05) is 59.6 Å². The van der Waals surface area contributed by atoms with Crippen molar-refractivity contribution in [2.24, 2.45) is 4.99 Å². The summed E-state index contributed by atoms with van der Waals surface area (Å²) >= 11 is 12.3. The predicted molar refractivity (Wildman–Crippen MR) is 94.2 cm³/mol. The van der Waals surface area contributed by atoms with E-state index in [1.165, 1.54) is 0 Å². The van der Waals surface area contributed by atoms with Crippen LogP contribution in [0.15, 0.2) is 53.5 Å². The maximum absolute atomic E-state index is 12.5. The van der Waals surface area contributed by atoms with Crippen molar-refractivity contribution in [3.63, 3.8) is 0 Å². The second kappa shape index (κ2) is 7.02. The number of carbonyl (C=O) groups is 1. The molecule has 0 aliphatic carbocycles. The Morgan fingerprint density at radius 2 is 1.78 bits per heavy atom. The summed E-state index contributed by atoms with van der Waals surface area (Å²) in [6, 6.07) is 14.9. The molecule has 0 spiro atoms. The lowest BCUT2D eigenvalue weighted by Gasteiger charge is -2.20. The van der Waals surface area contributed by atoms with Gasteiger partial charge in [0.15, 0.2) is 0 Å². The monoisotopic (exact) mass is 347 g/mol. The fraction of sp³-hybridized carbons (Fsp3) is 0.176. The zero-order valence-electron chi connectivity index (χ0n) is 12.3. The summed E-state index contributed by atoms with van der Waals surface area (Å²) in [5.41, 5.74) is 1.54. The lowest BCUT2D eigenvalue weighted by atomic mass is 10.1. The van der Waals surface area contributed by atoms with Gasteiger partial charge in [0.1, 0.15) is 0 Å². The number of hydrogen-bond acceptors (Lipinski definition) is 3. The third kappa shape index (κ3) is 3.66. The van der Waals surface area contributed by atoms with Crippen LogP contribution in [-0.2, 0) is 11.2 Å². The third-order valence-corrected chi connectivity index (χ3v) is 4.17. The van der Waals surface area contributed by atoms with Crippen molar-refractivity contribution in [1.29, 1.82) is 0 Å². The first-order valence-electron chi connectivity index (χ1n) is 7.25. The lowest BCUT2D eigenvalue weighted by Crippen LogP contribution is -2.39. The van der Waals surface area contributed by atoms with Crippen LogP contribution in [0.4, 0.5) is 5.69 Å². The summed E-state index contributed by atoms with van der Waals surface area (Å²) in [5.74, 6) is 0.476. The van der Waals surface area contributed by atoms with E-state index in [-0.39, 0.29) is 5.91 Å². The zero-order chi connectivity index (χ0) is 16.2. The minimum atomic E-state index is -0.0110. The topological polar surface area (TPSA) is 44.7 Å². The molecule has 2 aromatic carbocycles. The standard InChI is InChI=1S/C17H15Cl2N3O/c18-13-7-4-8-14(19)16(13)21-17-20-9-10-22(17)15(23)11-12-5-2-1-3-6-12/h1-8H,9-11H2,(H,20,21). The van der Waals surface area contributed by atoms with E-state index in [2.05, 4.69) is 10.3 Å². The summed E-state index contributed by atoms with van der Waals surface area (Å²) in [6.45, 7) is 1.11. The minimum absolute atomic E-state index is 0.0110. The van der Waals surface area contributed by atoms with Crippen LogP contribution in [0.3, 0.4) is 0 Å². The Kier molecular flexibility index (Phi) is 4.84. The smallest absolute Gasteiger partial charge is 0.233 e. The van der Waals surface area contributed by atoms with Crippen LogP contribution in [0, 0.1) is 0 Å². The van der Waals surface area contributed by atoms with E-state index in [1.54, 1.807) is 23.1 Å². The van der Waals surface area contributed by atoms with Crippen molar-refractivity contribution in [2.45, 2.75) is 6.42 Å². The number of hydrogen-bond donors (Lipinski definition) is 1. The number of guanidine groups is 1. The molecule has 0 bridgehead atoms. The predicted octanol–water partition coefficient (Wildman–Crippen LogP) is 3.85.